The number of nitrogens with zero attached hydrogens (tertiary/aromatic N) is 4. The second-order valence-corrected chi connectivity index (χ2v) is 6.62. The van der Waals surface area contributed by atoms with Gasteiger partial charge in [0.1, 0.15) is 18.2 Å². The maximum Gasteiger partial charge on any atom is 0.419 e. The van der Waals surface area contributed by atoms with E-state index in [1.165, 1.54) is 7.05 Å². The Kier molecular flexibility index (Phi) is 5.22. The Morgan fingerprint density at radius 1 is 1.19 bits per heavy atom. The first kappa shape index (κ1) is 19.3. The monoisotopic (exact) mass is 494 g/mol. The summed E-state index contributed by atoms with van der Waals surface area (Å²) in [4.78, 5) is 12.1. The van der Waals surface area contributed by atoms with Crippen molar-refractivity contribution in [1.29, 1.82) is 0 Å². The zero-order valence-electron chi connectivity index (χ0n) is 13.7. The zero-order valence-corrected chi connectivity index (χ0v) is 15.8. The second-order valence-electron chi connectivity index (χ2n) is 5.46. The molecule has 0 aliphatic carbocycles. The molecule has 27 heavy (non-hydrogen) atoms. The first-order valence-electron chi connectivity index (χ1n) is 7.45. The summed E-state index contributed by atoms with van der Waals surface area (Å²) in [6.45, 7) is -0.329. The van der Waals surface area contributed by atoms with E-state index in [0.717, 1.165) is 9.36 Å². The van der Waals surface area contributed by atoms with Crippen LogP contribution in [0.3, 0.4) is 0 Å². The molecule has 11 heteroatoms. The molecule has 2 aromatic carbocycles. The van der Waals surface area contributed by atoms with E-state index in [-0.39, 0.29) is 6.61 Å². The van der Waals surface area contributed by atoms with Crippen molar-refractivity contribution in [2.45, 2.75) is 12.8 Å². The molecule has 0 radical (unpaired) electrons. The lowest BCUT2D eigenvalue weighted by molar-refractivity contribution is -0.139. The smallest absolute Gasteiger partial charge is 0.419 e. The van der Waals surface area contributed by atoms with Gasteiger partial charge in [-0.05, 0) is 57.3 Å². The number of hydrogen-bond donors (Lipinski definition) is 0. The van der Waals surface area contributed by atoms with Crippen LogP contribution in [0.5, 0.6) is 5.75 Å². The number of aryl methyl sites for hydroxylation is 1. The molecule has 0 aliphatic rings. The lowest BCUT2D eigenvalue weighted by atomic mass is 10.1. The fraction of sp³-hybridized carbons (Fsp3) is 0.188. The SMILES string of the molecule is Cn1nnn(-c2cccc(I)c2COc2cc(F)ccc2C(F)(F)F)c1=O. The van der Waals surface area contributed by atoms with Crippen molar-refractivity contribution in [3.63, 3.8) is 0 Å². The van der Waals surface area contributed by atoms with Gasteiger partial charge in [-0.3, -0.25) is 0 Å². The predicted octanol–water partition coefficient (Wildman–Crippen LogP) is 3.31. The molecule has 0 saturated heterocycles. The number of hydrogen-bond acceptors (Lipinski definition) is 4. The van der Waals surface area contributed by atoms with Crippen LogP contribution < -0.4 is 10.4 Å². The number of alkyl halides is 3. The van der Waals surface area contributed by atoms with E-state index in [1.807, 2.05) is 22.6 Å². The molecule has 142 valence electrons. The number of tetrazole rings is 1. The third-order valence-corrected chi connectivity index (χ3v) is 4.68. The lowest BCUT2D eigenvalue weighted by Gasteiger charge is -2.16. The average molecular weight is 494 g/mol. The fourth-order valence-electron chi connectivity index (χ4n) is 2.35. The topological polar surface area (TPSA) is 61.9 Å². The summed E-state index contributed by atoms with van der Waals surface area (Å²) < 4.78 is 60.7. The van der Waals surface area contributed by atoms with Gasteiger partial charge in [-0.25, -0.2) is 9.18 Å². The summed E-state index contributed by atoms with van der Waals surface area (Å²) in [6.07, 6.45) is -4.70. The van der Waals surface area contributed by atoms with E-state index in [1.54, 1.807) is 18.2 Å². The molecule has 0 saturated carbocycles. The zero-order chi connectivity index (χ0) is 19.8. The molecule has 0 fully saturated rings. The molecule has 0 N–H and O–H groups in total. The van der Waals surface area contributed by atoms with E-state index in [2.05, 4.69) is 10.4 Å². The summed E-state index contributed by atoms with van der Waals surface area (Å²) in [6, 6.07) is 6.92. The highest BCUT2D eigenvalue weighted by Crippen LogP contribution is 2.37. The highest BCUT2D eigenvalue weighted by atomic mass is 127. The summed E-state index contributed by atoms with van der Waals surface area (Å²) in [5.41, 5.74) is -0.893. The molecule has 0 aliphatic heterocycles. The van der Waals surface area contributed by atoms with E-state index < -0.39 is 29.0 Å². The molecule has 0 bridgehead atoms. The summed E-state index contributed by atoms with van der Waals surface area (Å²) in [5.74, 6) is -1.49. The van der Waals surface area contributed by atoms with E-state index >= 15 is 0 Å². The summed E-state index contributed by atoms with van der Waals surface area (Å²) in [5, 5.41) is 7.35. The van der Waals surface area contributed by atoms with Crippen molar-refractivity contribution in [2.75, 3.05) is 0 Å². The maximum atomic E-state index is 13.4. The number of aromatic nitrogens is 4. The molecular formula is C16H11F4IN4O2. The summed E-state index contributed by atoms with van der Waals surface area (Å²) >= 11 is 1.96. The van der Waals surface area contributed by atoms with E-state index in [9.17, 15) is 22.4 Å². The number of rotatable bonds is 4. The minimum absolute atomic E-state index is 0.310. The largest absolute Gasteiger partial charge is 0.488 e. The molecule has 6 nitrogen and oxygen atoms in total. The molecule has 0 atom stereocenters. The van der Waals surface area contributed by atoms with Gasteiger partial charge in [-0.1, -0.05) is 6.07 Å². The van der Waals surface area contributed by atoms with Gasteiger partial charge in [0, 0.05) is 22.2 Å². The third kappa shape index (κ3) is 3.96. The highest BCUT2D eigenvalue weighted by Gasteiger charge is 2.34. The third-order valence-electron chi connectivity index (χ3n) is 3.67. The molecular weight excluding hydrogens is 483 g/mol. The van der Waals surface area contributed by atoms with Crippen molar-refractivity contribution in [3.8, 4) is 11.4 Å². The first-order valence-corrected chi connectivity index (χ1v) is 8.52. The van der Waals surface area contributed by atoms with Crippen LogP contribution in [0.2, 0.25) is 0 Å². The van der Waals surface area contributed by atoms with Crippen molar-refractivity contribution >= 4 is 22.6 Å². The second kappa shape index (κ2) is 7.29. The van der Waals surface area contributed by atoms with E-state index in [4.69, 9.17) is 4.74 Å². The lowest BCUT2D eigenvalue weighted by Crippen LogP contribution is -2.23. The normalized spacial score (nSPS) is 11.6. The summed E-state index contributed by atoms with van der Waals surface area (Å²) in [7, 11) is 1.41. The van der Waals surface area contributed by atoms with Crippen LogP contribution in [0.4, 0.5) is 17.6 Å². The highest BCUT2D eigenvalue weighted by molar-refractivity contribution is 14.1. The van der Waals surface area contributed by atoms with Crippen LogP contribution in [-0.2, 0) is 19.8 Å². The Bertz CT molecular complexity index is 1050. The van der Waals surface area contributed by atoms with Crippen LogP contribution >= 0.6 is 22.6 Å². The van der Waals surface area contributed by atoms with E-state index in [0.29, 0.717) is 33.0 Å². The molecule has 0 unspecified atom stereocenters. The fourth-order valence-corrected chi connectivity index (χ4v) is 2.99. The molecule has 1 heterocycles. The molecule has 1 aromatic heterocycles. The van der Waals surface area contributed by atoms with Gasteiger partial charge in [0.05, 0.1) is 11.3 Å². The standard InChI is InChI=1S/C16H11F4IN4O2/c1-24-15(26)25(23-22-24)13-4-2-3-12(21)10(13)8-27-14-7-9(17)5-6-11(14)16(18,19)20/h2-7H,8H2,1H3. The predicted molar refractivity (Wildman–Crippen MR) is 95.1 cm³/mol. The Morgan fingerprint density at radius 2 is 1.93 bits per heavy atom. The van der Waals surface area contributed by atoms with Gasteiger partial charge >= 0.3 is 11.9 Å². The van der Waals surface area contributed by atoms with Crippen molar-refractivity contribution in [1.82, 2.24) is 19.8 Å². The van der Waals surface area contributed by atoms with Crippen molar-refractivity contribution in [3.05, 3.63) is 67.4 Å². The quantitative estimate of drug-likeness (QED) is 0.413. The Hall–Kier alpha value is -2.44. The Morgan fingerprint density at radius 3 is 2.56 bits per heavy atom. The number of ether oxygens (including phenoxy) is 1. The van der Waals surface area contributed by atoms with Gasteiger partial charge in [0.25, 0.3) is 0 Å². The van der Waals surface area contributed by atoms with Crippen LogP contribution in [0, 0.1) is 9.39 Å². The van der Waals surface area contributed by atoms with Crippen LogP contribution in [0.25, 0.3) is 5.69 Å². The van der Waals surface area contributed by atoms with Gasteiger partial charge in [-0.2, -0.15) is 22.5 Å². The van der Waals surface area contributed by atoms with Gasteiger partial charge in [-0.15, -0.1) is 0 Å². The van der Waals surface area contributed by atoms with Gasteiger partial charge in [0.15, 0.2) is 0 Å². The molecule has 0 amide bonds. The number of benzene rings is 2. The first-order chi connectivity index (χ1) is 12.7. The molecule has 0 spiro atoms. The minimum Gasteiger partial charge on any atom is -0.488 e. The van der Waals surface area contributed by atoms with Gasteiger partial charge < -0.3 is 4.74 Å². The van der Waals surface area contributed by atoms with Crippen LogP contribution in [-0.4, -0.2) is 19.8 Å². The van der Waals surface area contributed by atoms with Crippen molar-refractivity contribution in [2.24, 2.45) is 7.05 Å². The molecule has 3 aromatic rings. The maximum absolute atomic E-state index is 13.4. The average Bonchev–Trinajstić information content (AvgIpc) is 2.91. The Balaban J connectivity index is 2.00. The van der Waals surface area contributed by atoms with Gasteiger partial charge in [0.2, 0.25) is 0 Å². The minimum atomic E-state index is -4.70. The van der Waals surface area contributed by atoms with Crippen LogP contribution in [0.15, 0.2) is 41.2 Å². The van der Waals surface area contributed by atoms with Crippen LogP contribution in [0.1, 0.15) is 11.1 Å². The number of halogens is 5. The van der Waals surface area contributed by atoms with Crippen molar-refractivity contribution < 1.29 is 22.3 Å². The molecule has 3 rings (SSSR count). The Labute approximate surface area is 163 Å².